The van der Waals surface area contributed by atoms with E-state index in [2.05, 4.69) is 32.3 Å². The summed E-state index contributed by atoms with van der Waals surface area (Å²) in [5.74, 6) is 3.16. The Morgan fingerprint density at radius 1 is 1.42 bits per heavy atom. The van der Waals surface area contributed by atoms with Crippen molar-refractivity contribution in [3.05, 3.63) is 24.2 Å². The second kappa shape index (κ2) is 8.41. The van der Waals surface area contributed by atoms with Gasteiger partial charge in [0.25, 0.3) is 0 Å². The van der Waals surface area contributed by atoms with Gasteiger partial charge < -0.3 is 14.6 Å². The third-order valence-corrected chi connectivity index (χ3v) is 5.37. The van der Waals surface area contributed by atoms with Crippen LogP contribution >= 0.6 is 24.0 Å². The molecule has 0 atom stereocenters. The normalized spacial score (nSPS) is 18.7. The molecule has 0 unspecified atom stereocenters. The van der Waals surface area contributed by atoms with Gasteiger partial charge in [-0.2, -0.15) is 5.10 Å². The van der Waals surface area contributed by atoms with E-state index in [0.717, 1.165) is 37.8 Å². The maximum atomic E-state index is 5.32. The van der Waals surface area contributed by atoms with Crippen LogP contribution in [0, 0.1) is 5.41 Å². The molecule has 1 aliphatic carbocycles. The molecule has 2 fully saturated rings. The van der Waals surface area contributed by atoms with Gasteiger partial charge in [0.2, 0.25) is 5.82 Å². The maximum absolute atomic E-state index is 5.32. The minimum atomic E-state index is 0. The van der Waals surface area contributed by atoms with Crippen molar-refractivity contribution in [3.63, 3.8) is 0 Å². The lowest BCUT2D eigenvalue weighted by Crippen LogP contribution is -2.42. The van der Waals surface area contributed by atoms with Gasteiger partial charge in [0.15, 0.2) is 11.7 Å². The SMILES string of the molecule is CCNC(=NCCc1nc(-c2ccco2)n[nH]1)N1CCC2(CCC2)C1.I. The molecule has 26 heavy (non-hydrogen) atoms. The number of hydrogen-bond donors (Lipinski definition) is 2. The first kappa shape index (κ1) is 19.2. The van der Waals surface area contributed by atoms with Crippen molar-refractivity contribution in [2.45, 2.75) is 39.0 Å². The van der Waals surface area contributed by atoms with Gasteiger partial charge in [0.05, 0.1) is 6.26 Å². The summed E-state index contributed by atoms with van der Waals surface area (Å²) in [5, 5.41) is 10.6. The van der Waals surface area contributed by atoms with Crippen molar-refractivity contribution in [1.82, 2.24) is 25.4 Å². The number of aromatic nitrogens is 3. The van der Waals surface area contributed by atoms with Gasteiger partial charge in [-0.05, 0) is 43.7 Å². The van der Waals surface area contributed by atoms with Gasteiger partial charge >= 0.3 is 0 Å². The second-order valence-electron chi connectivity index (χ2n) is 7.09. The Morgan fingerprint density at radius 3 is 2.96 bits per heavy atom. The van der Waals surface area contributed by atoms with Crippen LogP contribution in [0.25, 0.3) is 11.6 Å². The number of aromatic amines is 1. The van der Waals surface area contributed by atoms with Crippen LogP contribution < -0.4 is 5.32 Å². The second-order valence-corrected chi connectivity index (χ2v) is 7.09. The van der Waals surface area contributed by atoms with Crippen LogP contribution in [0.4, 0.5) is 0 Å². The molecule has 8 heteroatoms. The molecular weight excluding hydrogens is 443 g/mol. The Hall–Kier alpha value is -1.58. The quantitative estimate of drug-likeness (QED) is 0.399. The molecule has 7 nitrogen and oxygen atoms in total. The van der Waals surface area contributed by atoms with Crippen LogP contribution in [-0.2, 0) is 6.42 Å². The van der Waals surface area contributed by atoms with Gasteiger partial charge in [0.1, 0.15) is 5.82 Å². The predicted molar refractivity (Wildman–Crippen MR) is 112 cm³/mol. The summed E-state index contributed by atoms with van der Waals surface area (Å²) in [6.07, 6.45) is 7.84. The van der Waals surface area contributed by atoms with Crippen molar-refractivity contribution in [2.75, 3.05) is 26.2 Å². The van der Waals surface area contributed by atoms with E-state index >= 15 is 0 Å². The standard InChI is InChI=1S/C18H26N6O.HI/c1-2-19-17(24-11-9-18(13-24)7-4-8-18)20-10-6-15-21-16(23-22-15)14-5-3-12-25-14;/h3,5,12H,2,4,6-11,13H2,1H3,(H,19,20)(H,21,22,23);1H. The lowest BCUT2D eigenvalue weighted by molar-refractivity contribution is 0.151. The first-order chi connectivity index (χ1) is 12.3. The number of rotatable bonds is 5. The van der Waals surface area contributed by atoms with E-state index in [1.165, 1.54) is 25.7 Å². The lowest BCUT2D eigenvalue weighted by Gasteiger charge is -2.38. The molecule has 2 aliphatic rings. The summed E-state index contributed by atoms with van der Waals surface area (Å²) in [7, 11) is 0. The zero-order valence-corrected chi connectivity index (χ0v) is 17.5. The molecule has 142 valence electrons. The van der Waals surface area contributed by atoms with E-state index in [0.29, 0.717) is 23.5 Å². The molecule has 2 aromatic rings. The molecule has 1 aliphatic heterocycles. The summed E-state index contributed by atoms with van der Waals surface area (Å²) in [4.78, 5) is 11.7. The minimum Gasteiger partial charge on any atom is -0.461 e. The first-order valence-corrected chi connectivity index (χ1v) is 9.26. The highest BCUT2D eigenvalue weighted by molar-refractivity contribution is 14.0. The Balaban J connectivity index is 0.00000196. The van der Waals surface area contributed by atoms with Crippen molar-refractivity contribution in [3.8, 4) is 11.6 Å². The minimum absolute atomic E-state index is 0. The predicted octanol–water partition coefficient (Wildman–Crippen LogP) is 3.07. The van der Waals surface area contributed by atoms with E-state index in [9.17, 15) is 0 Å². The Labute approximate surface area is 171 Å². The van der Waals surface area contributed by atoms with E-state index in [4.69, 9.17) is 9.41 Å². The number of nitrogens with one attached hydrogen (secondary N) is 2. The fourth-order valence-electron chi connectivity index (χ4n) is 3.82. The van der Waals surface area contributed by atoms with Gasteiger partial charge in [-0.15, -0.1) is 24.0 Å². The third-order valence-electron chi connectivity index (χ3n) is 5.37. The number of furan rings is 1. The number of aliphatic imine (C=N–C) groups is 1. The number of likely N-dealkylation sites (tertiary alicyclic amines) is 1. The third kappa shape index (κ3) is 4.05. The zero-order valence-electron chi connectivity index (χ0n) is 15.2. The van der Waals surface area contributed by atoms with Crippen molar-refractivity contribution in [2.24, 2.45) is 10.4 Å². The highest BCUT2D eigenvalue weighted by Gasteiger charge is 2.43. The average Bonchev–Trinajstić information content (AvgIpc) is 3.32. The first-order valence-electron chi connectivity index (χ1n) is 9.26. The summed E-state index contributed by atoms with van der Waals surface area (Å²) < 4.78 is 5.32. The van der Waals surface area contributed by atoms with Crippen molar-refractivity contribution >= 4 is 29.9 Å². The molecule has 2 N–H and O–H groups in total. The Kier molecular flexibility index (Phi) is 6.20. The number of halogens is 1. The summed E-state index contributed by atoms with van der Waals surface area (Å²) >= 11 is 0. The molecule has 0 aromatic carbocycles. The van der Waals surface area contributed by atoms with Gasteiger partial charge in [-0.3, -0.25) is 10.1 Å². The van der Waals surface area contributed by atoms with Gasteiger partial charge in [-0.25, -0.2) is 4.98 Å². The molecule has 1 saturated heterocycles. The fourth-order valence-corrected chi connectivity index (χ4v) is 3.82. The molecule has 3 heterocycles. The van der Waals surface area contributed by atoms with Crippen LogP contribution in [0.3, 0.4) is 0 Å². The largest absolute Gasteiger partial charge is 0.461 e. The molecule has 1 saturated carbocycles. The lowest BCUT2D eigenvalue weighted by atomic mass is 9.68. The van der Waals surface area contributed by atoms with Crippen molar-refractivity contribution in [1.29, 1.82) is 0 Å². The topological polar surface area (TPSA) is 82.3 Å². The molecular formula is C18H27IN6O. The smallest absolute Gasteiger partial charge is 0.216 e. The van der Waals surface area contributed by atoms with Crippen LogP contribution in [-0.4, -0.2) is 52.2 Å². The molecule has 2 aromatic heterocycles. The van der Waals surface area contributed by atoms with Gasteiger partial charge in [0, 0.05) is 32.6 Å². The number of nitrogens with zero attached hydrogens (tertiary/aromatic N) is 4. The summed E-state index contributed by atoms with van der Waals surface area (Å²) in [5.41, 5.74) is 0.582. The van der Waals surface area contributed by atoms with E-state index < -0.39 is 0 Å². The van der Waals surface area contributed by atoms with Crippen molar-refractivity contribution < 1.29 is 4.42 Å². The zero-order chi connectivity index (χ0) is 17.1. The highest BCUT2D eigenvalue weighted by Crippen LogP contribution is 2.47. The Morgan fingerprint density at radius 2 is 2.31 bits per heavy atom. The molecule has 0 amide bonds. The number of hydrogen-bond acceptors (Lipinski definition) is 4. The molecule has 0 bridgehead atoms. The molecule has 1 spiro atoms. The molecule has 4 rings (SSSR count). The van der Waals surface area contributed by atoms with Crippen LogP contribution in [0.15, 0.2) is 27.8 Å². The van der Waals surface area contributed by atoms with Crippen LogP contribution in [0.1, 0.15) is 38.4 Å². The summed E-state index contributed by atoms with van der Waals surface area (Å²) in [6.45, 7) is 5.99. The number of guanidine groups is 1. The van der Waals surface area contributed by atoms with E-state index in [1.54, 1.807) is 6.26 Å². The van der Waals surface area contributed by atoms with E-state index in [1.807, 2.05) is 12.1 Å². The molecule has 0 radical (unpaired) electrons. The fraction of sp³-hybridized carbons (Fsp3) is 0.611. The summed E-state index contributed by atoms with van der Waals surface area (Å²) in [6, 6.07) is 3.70. The van der Waals surface area contributed by atoms with Crippen LogP contribution in [0.2, 0.25) is 0 Å². The number of H-pyrrole nitrogens is 1. The van der Waals surface area contributed by atoms with Crippen LogP contribution in [0.5, 0.6) is 0 Å². The monoisotopic (exact) mass is 470 g/mol. The highest BCUT2D eigenvalue weighted by atomic mass is 127. The van der Waals surface area contributed by atoms with Gasteiger partial charge in [-0.1, -0.05) is 6.42 Å². The Bertz CT molecular complexity index is 722. The average molecular weight is 470 g/mol. The van der Waals surface area contributed by atoms with E-state index in [-0.39, 0.29) is 24.0 Å². The maximum Gasteiger partial charge on any atom is 0.216 e.